The van der Waals surface area contributed by atoms with Crippen molar-refractivity contribution < 1.29 is 13.5 Å². The number of nitrogens with zero attached hydrogens (tertiary/aromatic N) is 4. The minimum Gasteiger partial charge on any atom is -0.382 e. The van der Waals surface area contributed by atoms with E-state index < -0.39 is 11.6 Å². The quantitative estimate of drug-likeness (QED) is 0.556. The van der Waals surface area contributed by atoms with Crippen LogP contribution in [-0.2, 0) is 4.74 Å². The Balaban J connectivity index is 1.61. The van der Waals surface area contributed by atoms with Crippen LogP contribution in [0.5, 0.6) is 0 Å². The van der Waals surface area contributed by atoms with Gasteiger partial charge in [0, 0.05) is 43.1 Å². The largest absolute Gasteiger partial charge is 0.382 e. The maximum absolute atomic E-state index is 13.8. The molecule has 158 valence electrons. The summed E-state index contributed by atoms with van der Waals surface area (Å²) >= 11 is 0. The zero-order valence-electron chi connectivity index (χ0n) is 16.4. The SMILES string of the molecule is N#Cc1cnc(Nc2cc(NC[C@H]3CNCCO3)c(-c3ccc(F)c(F)c3)cn2)cn1. The molecular weight excluding hydrogens is 404 g/mol. The number of rotatable bonds is 6. The second-order valence-electron chi connectivity index (χ2n) is 6.85. The van der Waals surface area contributed by atoms with Crippen molar-refractivity contribution in [2.45, 2.75) is 6.10 Å². The molecule has 0 bridgehead atoms. The van der Waals surface area contributed by atoms with Gasteiger partial charge in [-0.1, -0.05) is 6.07 Å². The molecular formula is C21H19F2N7O. The third-order valence-corrected chi connectivity index (χ3v) is 4.68. The highest BCUT2D eigenvalue weighted by atomic mass is 19.2. The molecule has 1 aromatic carbocycles. The van der Waals surface area contributed by atoms with Gasteiger partial charge >= 0.3 is 0 Å². The normalized spacial score (nSPS) is 15.8. The predicted molar refractivity (Wildman–Crippen MR) is 111 cm³/mol. The topological polar surface area (TPSA) is 108 Å². The van der Waals surface area contributed by atoms with E-state index >= 15 is 0 Å². The van der Waals surface area contributed by atoms with Crippen LogP contribution in [0.15, 0.2) is 42.9 Å². The molecule has 10 heteroatoms. The zero-order valence-corrected chi connectivity index (χ0v) is 16.4. The molecule has 8 nitrogen and oxygen atoms in total. The van der Waals surface area contributed by atoms with Gasteiger partial charge in [0.05, 0.1) is 25.1 Å². The molecule has 4 rings (SSSR count). The molecule has 0 aliphatic carbocycles. The number of anilines is 3. The molecule has 3 N–H and O–H groups in total. The van der Waals surface area contributed by atoms with Crippen molar-refractivity contribution in [1.82, 2.24) is 20.3 Å². The lowest BCUT2D eigenvalue weighted by Gasteiger charge is -2.25. The Hall–Kier alpha value is -3.68. The van der Waals surface area contributed by atoms with Crippen LogP contribution in [0.2, 0.25) is 0 Å². The lowest BCUT2D eigenvalue weighted by molar-refractivity contribution is 0.0372. The van der Waals surface area contributed by atoms with Crippen LogP contribution in [0.3, 0.4) is 0 Å². The van der Waals surface area contributed by atoms with Crippen LogP contribution in [0, 0.1) is 23.0 Å². The highest BCUT2D eigenvalue weighted by Crippen LogP contribution is 2.31. The van der Waals surface area contributed by atoms with E-state index in [-0.39, 0.29) is 11.8 Å². The Morgan fingerprint density at radius 1 is 1.10 bits per heavy atom. The first-order valence-electron chi connectivity index (χ1n) is 9.63. The monoisotopic (exact) mass is 423 g/mol. The molecule has 0 radical (unpaired) electrons. The predicted octanol–water partition coefficient (Wildman–Crippen LogP) is 2.83. The molecule has 1 aliphatic heterocycles. The summed E-state index contributed by atoms with van der Waals surface area (Å²) in [5.74, 6) is -0.961. The van der Waals surface area contributed by atoms with E-state index in [9.17, 15) is 8.78 Å². The van der Waals surface area contributed by atoms with Gasteiger partial charge in [0.25, 0.3) is 0 Å². The first-order valence-corrected chi connectivity index (χ1v) is 9.63. The van der Waals surface area contributed by atoms with Crippen LogP contribution < -0.4 is 16.0 Å². The second-order valence-corrected chi connectivity index (χ2v) is 6.85. The van der Waals surface area contributed by atoms with Gasteiger partial charge in [0.2, 0.25) is 0 Å². The fourth-order valence-corrected chi connectivity index (χ4v) is 3.12. The smallest absolute Gasteiger partial charge is 0.159 e. The molecule has 2 aromatic heterocycles. The van der Waals surface area contributed by atoms with E-state index in [1.165, 1.54) is 18.5 Å². The fourth-order valence-electron chi connectivity index (χ4n) is 3.12. The van der Waals surface area contributed by atoms with Crippen molar-refractivity contribution in [2.24, 2.45) is 0 Å². The van der Waals surface area contributed by atoms with Gasteiger partial charge in [0.15, 0.2) is 17.3 Å². The number of nitrogens with one attached hydrogen (secondary N) is 3. The maximum atomic E-state index is 13.8. The summed E-state index contributed by atoms with van der Waals surface area (Å²) in [6, 6.07) is 7.37. The molecule has 0 unspecified atom stereocenters. The van der Waals surface area contributed by atoms with Gasteiger partial charge in [-0.25, -0.2) is 23.7 Å². The minimum atomic E-state index is -0.932. The fraction of sp³-hybridized carbons (Fsp3) is 0.238. The number of benzene rings is 1. The summed E-state index contributed by atoms with van der Waals surface area (Å²) in [6.07, 6.45) is 4.32. The van der Waals surface area contributed by atoms with Gasteiger partial charge < -0.3 is 20.7 Å². The van der Waals surface area contributed by atoms with E-state index in [0.29, 0.717) is 48.1 Å². The number of hydrogen-bond donors (Lipinski definition) is 3. The van der Waals surface area contributed by atoms with Crippen molar-refractivity contribution in [3.8, 4) is 17.2 Å². The second kappa shape index (κ2) is 9.42. The Morgan fingerprint density at radius 2 is 1.97 bits per heavy atom. The summed E-state index contributed by atoms with van der Waals surface area (Å²) < 4.78 is 32.9. The number of morpholine rings is 1. The Morgan fingerprint density at radius 3 is 2.68 bits per heavy atom. The molecule has 3 heterocycles. The molecule has 0 amide bonds. The molecule has 3 aromatic rings. The van der Waals surface area contributed by atoms with Crippen LogP contribution in [-0.4, -0.2) is 47.3 Å². The lowest BCUT2D eigenvalue weighted by atomic mass is 10.1. The third kappa shape index (κ3) is 5.09. The van der Waals surface area contributed by atoms with Gasteiger partial charge in [-0.15, -0.1) is 0 Å². The van der Waals surface area contributed by atoms with Crippen LogP contribution in [0.25, 0.3) is 11.1 Å². The van der Waals surface area contributed by atoms with E-state index in [1.54, 1.807) is 12.3 Å². The molecule has 1 atom stereocenters. The first kappa shape index (κ1) is 20.6. The number of hydrogen-bond acceptors (Lipinski definition) is 8. The molecule has 0 spiro atoms. The van der Waals surface area contributed by atoms with E-state index in [2.05, 4.69) is 30.9 Å². The highest BCUT2D eigenvalue weighted by molar-refractivity contribution is 5.79. The number of ether oxygens (including phenoxy) is 1. The Bertz CT molecular complexity index is 1100. The van der Waals surface area contributed by atoms with Crippen molar-refractivity contribution in [2.75, 3.05) is 36.9 Å². The van der Waals surface area contributed by atoms with Crippen molar-refractivity contribution in [1.29, 1.82) is 5.26 Å². The van der Waals surface area contributed by atoms with Gasteiger partial charge in [-0.3, -0.25) is 0 Å². The van der Waals surface area contributed by atoms with Gasteiger partial charge in [-0.05, 0) is 17.7 Å². The van der Waals surface area contributed by atoms with Crippen LogP contribution in [0.1, 0.15) is 5.69 Å². The lowest BCUT2D eigenvalue weighted by Crippen LogP contribution is -2.42. The summed E-state index contributed by atoms with van der Waals surface area (Å²) in [4.78, 5) is 12.4. The Labute approximate surface area is 177 Å². The minimum absolute atomic E-state index is 0.0273. The highest BCUT2D eigenvalue weighted by Gasteiger charge is 2.16. The standard InChI is InChI=1S/C21H19F2N7O/c22-17-2-1-13(5-18(17)23)16-11-29-20(30-21-12-26-14(7-24)8-28-21)6-19(16)27-10-15-9-25-3-4-31-15/h1-2,5-6,8,11-12,15,25H,3-4,9-10H2,(H2,27,28,29,30)/t15-/m1/s1. The number of aromatic nitrogens is 3. The average molecular weight is 423 g/mol. The Kier molecular flexibility index (Phi) is 6.26. The van der Waals surface area contributed by atoms with Crippen molar-refractivity contribution >= 4 is 17.3 Å². The summed E-state index contributed by atoms with van der Waals surface area (Å²) in [7, 11) is 0. The zero-order chi connectivity index (χ0) is 21.6. The summed E-state index contributed by atoms with van der Waals surface area (Å²) in [6.45, 7) is 2.67. The first-order chi connectivity index (χ1) is 15.1. The van der Waals surface area contributed by atoms with E-state index in [1.807, 2.05) is 6.07 Å². The average Bonchev–Trinajstić information content (AvgIpc) is 2.81. The van der Waals surface area contributed by atoms with Gasteiger partial charge in [-0.2, -0.15) is 5.26 Å². The van der Waals surface area contributed by atoms with Gasteiger partial charge in [0.1, 0.15) is 17.7 Å². The summed E-state index contributed by atoms with van der Waals surface area (Å²) in [5.41, 5.74) is 1.97. The number of pyridine rings is 1. The molecule has 1 aliphatic rings. The summed E-state index contributed by atoms with van der Waals surface area (Å²) in [5, 5.41) is 18.4. The molecule has 31 heavy (non-hydrogen) atoms. The van der Waals surface area contributed by atoms with Crippen molar-refractivity contribution in [3.63, 3.8) is 0 Å². The maximum Gasteiger partial charge on any atom is 0.159 e. The van der Waals surface area contributed by atoms with Crippen LogP contribution in [0.4, 0.5) is 26.1 Å². The molecule has 1 fully saturated rings. The van der Waals surface area contributed by atoms with E-state index in [4.69, 9.17) is 10.00 Å². The van der Waals surface area contributed by atoms with E-state index in [0.717, 1.165) is 18.7 Å². The third-order valence-electron chi connectivity index (χ3n) is 4.68. The number of halogens is 2. The molecule has 1 saturated heterocycles. The number of nitriles is 1. The molecule has 0 saturated carbocycles. The van der Waals surface area contributed by atoms with Crippen molar-refractivity contribution in [3.05, 3.63) is 60.2 Å². The van der Waals surface area contributed by atoms with Crippen LogP contribution >= 0.6 is 0 Å².